The van der Waals surface area contributed by atoms with Gasteiger partial charge in [0.05, 0.1) is 29.9 Å². The van der Waals surface area contributed by atoms with Crippen molar-refractivity contribution in [2.75, 3.05) is 26.4 Å². The molecule has 0 spiro atoms. The summed E-state index contributed by atoms with van der Waals surface area (Å²) in [5, 5.41) is -0.753. The van der Waals surface area contributed by atoms with Gasteiger partial charge < -0.3 is 14.2 Å². The molecule has 1 aromatic carbocycles. The van der Waals surface area contributed by atoms with E-state index in [0.717, 1.165) is 6.08 Å². The molecule has 0 saturated carbocycles. The molecular formula is C19H20Cl5F3O3. The minimum Gasteiger partial charge on any atom is -0.490 e. The van der Waals surface area contributed by atoms with E-state index in [9.17, 15) is 13.2 Å². The van der Waals surface area contributed by atoms with Crippen LogP contribution in [0.3, 0.4) is 0 Å². The molecule has 0 aliphatic heterocycles. The second kappa shape index (κ2) is 12.5. The van der Waals surface area contributed by atoms with Crippen LogP contribution in [0.4, 0.5) is 13.2 Å². The first kappa shape index (κ1) is 27.5. The summed E-state index contributed by atoms with van der Waals surface area (Å²) in [5.41, 5.74) is -0.498. The van der Waals surface area contributed by atoms with Crippen LogP contribution in [-0.2, 0) is 4.74 Å². The van der Waals surface area contributed by atoms with Crippen LogP contribution in [0.5, 0.6) is 11.5 Å². The summed E-state index contributed by atoms with van der Waals surface area (Å²) in [5.74, 6) is 0.661. The number of benzene rings is 1. The van der Waals surface area contributed by atoms with E-state index in [1.165, 1.54) is 18.2 Å². The minimum atomic E-state index is -4.59. The summed E-state index contributed by atoms with van der Waals surface area (Å²) in [6.45, 7) is 3.94. The Bertz CT molecular complexity index is 741. The van der Waals surface area contributed by atoms with Gasteiger partial charge in [0.2, 0.25) is 0 Å². The quantitative estimate of drug-likeness (QED) is 0.270. The van der Waals surface area contributed by atoms with Gasteiger partial charge in [0, 0.05) is 17.5 Å². The fourth-order valence-corrected chi connectivity index (χ4v) is 2.77. The van der Waals surface area contributed by atoms with Gasteiger partial charge in [-0.2, -0.15) is 13.2 Å². The van der Waals surface area contributed by atoms with Crippen molar-refractivity contribution >= 4 is 58.0 Å². The molecule has 1 rings (SSSR count). The van der Waals surface area contributed by atoms with Crippen LogP contribution in [0.1, 0.15) is 20.3 Å². The third-order valence-electron chi connectivity index (χ3n) is 3.98. The van der Waals surface area contributed by atoms with Gasteiger partial charge in [-0.05, 0) is 18.6 Å². The van der Waals surface area contributed by atoms with Crippen molar-refractivity contribution < 1.29 is 27.4 Å². The first-order valence-corrected chi connectivity index (χ1v) is 10.5. The Morgan fingerprint density at radius 1 is 0.967 bits per heavy atom. The van der Waals surface area contributed by atoms with Gasteiger partial charge in [-0.3, -0.25) is 0 Å². The predicted octanol–water partition coefficient (Wildman–Crippen LogP) is 8.19. The van der Waals surface area contributed by atoms with Crippen molar-refractivity contribution in [3.05, 3.63) is 43.9 Å². The minimum absolute atomic E-state index is 0.0735. The highest BCUT2D eigenvalue weighted by molar-refractivity contribution is 6.55. The monoisotopic (exact) mass is 528 g/mol. The van der Waals surface area contributed by atoms with Gasteiger partial charge in [-0.15, -0.1) is 0 Å². The second-order valence-corrected chi connectivity index (χ2v) is 8.77. The topological polar surface area (TPSA) is 27.7 Å². The molecule has 0 bridgehead atoms. The summed E-state index contributed by atoms with van der Waals surface area (Å²) < 4.78 is 53.7. The fraction of sp³-hybridized carbons (Fsp3) is 0.474. The molecule has 0 aliphatic rings. The SMILES string of the molecule is CCC(C)(COCC=C(Cl)C(F)(F)F)COc1c(Cl)cc(OCC=C(Cl)Cl)cc1Cl. The lowest BCUT2D eigenvalue weighted by Crippen LogP contribution is -2.30. The standard InChI is InChI=1S/C19H20Cl5F3O3/c1-3-18(2,10-28-6-4-15(22)19(25,26)27)11-30-17-13(20)8-12(9-14(17)21)29-7-5-16(23)24/h4-5,8-9H,3,6-7,10-11H2,1-2H3. The largest absolute Gasteiger partial charge is 0.490 e. The number of halogens is 8. The van der Waals surface area contributed by atoms with Crippen LogP contribution in [0, 0.1) is 5.41 Å². The zero-order valence-corrected chi connectivity index (χ0v) is 19.9. The van der Waals surface area contributed by atoms with Gasteiger partial charge in [0.1, 0.15) is 21.9 Å². The van der Waals surface area contributed by atoms with E-state index in [4.69, 9.17) is 72.2 Å². The van der Waals surface area contributed by atoms with Gasteiger partial charge >= 0.3 is 6.18 Å². The van der Waals surface area contributed by atoms with E-state index in [1.807, 2.05) is 13.8 Å². The van der Waals surface area contributed by atoms with Crippen LogP contribution < -0.4 is 9.47 Å². The predicted molar refractivity (Wildman–Crippen MR) is 116 cm³/mol. The second-order valence-electron chi connectivity index (χ2n) is 6.54. The van der Waals surface area contributed by atoms with Crippen molar-refractivity contribution in [1.82, 2.24) is 0 Å². The van der Waals surface area contributed by atoms with Crippen molar-refractivity contribution in [3.63, 3.8) is 0 Å². The third-order valence-corrected chi connectivity index (χ3v) is 5.22. The average Bonchev–Trinajstić information content (AvgIpc) is 2.63. The smallest absolute Gasteiger partial charge is 0.426 e. The summed E-state index contributed by atoms with van der Waals surface area (Å²) in [6, 6.07) is 3.06. The summed E-state index contributed by atoms with van der Waals surface area (Å²) in [6.07, 6.45) is -1.72. The van der Waals surface area contributed by atoms with E-state index < -0.39 is 16.6 Å². The molecule has 11 heteroatoms. The van der Waals surface area contributed by atoms with Gasteiger partial charge in [0.15, 0.2) is 5.75 Å². The molecule has 0 fully saturated rings. The van der Waals surface area contributed by atoms with Gasteiger partial charge in [-0.25, -0.2) is 0 Å². The molecule has 0 aromatic heterocycles. The number of alkyl halides is 3. The molecule has 170 valence electrons. The van der Waals surface area contributed by atoms with Gasteiger partial charge in [0.25, 0.3) is 0 Å². The highest BCUT2D eigenvalue weighted by Crippen LogP contribution is 2.38. The van der Waals surface area contributed by atoms with Gasteiger partial charge in [-0.1, -0.05) is 71.9 Å². The molecule has 1 aromatic rings. The number of allylic oxidation sites excluding steroid dienone is 1. The maximum absolute atomic E-state index is 12.4. The third kappa shape index (κ3) is 9.75. The molecule has 0 amide bonds. The van der Waals surface area contributed by atoms with Crippen molar-refractivity contribution in [3.8, 4) is 11.5 Å². The van der Waals surface area contributed by atoms with Crippen molar-refractivity contribution in [1.29, 1.82) is 0 Å². The molecule has 0 saturated heterocycles. The van der Waals surface area contributed by atoms with Crippen molar-refractivity contribution in [2.45, 2.75) is 26.4 Å². The first-order chi connectivity index (χ1) is 13.9. The Morgan fingerprint density at radius 2 is 1.57 bits per heavy atom. The van der Waals surface area contributed by atoms with E-state index in [1.54, 1.807) is 0 Å². The molecule has 0 heterocycles. The lowest BCUT2D eigenvalue weighted by molar-refractivity contribution is -0.0852. The molecule has 0 aliphatic carbocycles. The van der Waals surface area contributed by atoms with Crippen LogP contribution in [0.2, 0.25) is 10.0 Å². The van der Waals surface area contributed by atoms with E-state index in [0.29, 0.717) is 12.2 Å². The average molecular weight is 531 g/mol. The first-order valence-electron chi connectivity index (χ1n) is 8.64. The zero-order valence-electron chi connectivity index (χ0n) is 16.1. The normalized spacial score (nSPS) is 14.3. The highest BCUT2D eigenvalue weighted by Gasteiger charge is 2.32. The Balaban J connectivity index is 2.69. The Kier molecular flexibility index (Phi) is 11.5. The van der Waals surface area contributed by atoms with Crippen LogP contribution >= 0.6 is 58.0 Å². The molecule has 1 unspecified atom stereocenters. The molecule has 3 nitrogen and oxygen atoms in total. The van der Waals surface area contributed by atoms with Crippen LogP contribution in [0.25, 0.3) is 0 Å². The van der Waals surface area contributed by atoms with E-state index in [2.05, 4.69) is 0 Å². The number of hydrogen-bond donors (Lipinski definition) is 0. The van der Waals surface area contributed by atoms with E-state index in [-0.39, 0.29) is 46.7 Å². The molecule has 0 radical (unpaired) electrons. The Morgan fingerprint density at radius 3 is 2.07 bits per heavy atom. The maximum Gasteiger partial charge on any atom is 0.426 e. The summed E-state index contributed by atoms with van der Waals surface area (Å²) >= 11 is 28.7. The maximum atomic E-state index is 12.4. The van der Waals surface area contributed by atoms with Crippen molar-refractivity contribution in [2.24, 2.45) is 5.41 Å². The number of ether oxygens (including phenoxy) is 3. The number of hydrogen-bond acceptors (Lipinski definition) is 3. The van der Waals surface area contributed by atoms with E-state index >= 15 is 0 Å². The van der Waals surface area contributed by atoms with Crippen LogP contribution in [-0.4, -0.2) is 32.6 Å². The molecule has 1 atom stereocenters. The van der Waals surface area contributed by atoms with Crippen LogP contribution in [0.15, 0.2) is 33.8 Å². The molecule has 30 heavy (non-hydrogen) atoms. The Labute approximate surface area is 198 Å². The molecule has 0 N–H and O–H groups in total. The highest BCUT2D eigenvalue weighted by atomic mass is 35.5. The zero-order chi connectivity index (χ0) is 22.9. The lowest BCUT2D eigenvalue weighted by atomic mass is 9.90. The lowest BCUT2D eigenvalue weighted by Gasteiger charge is -2.28. The molecular weight excluding hydrogens is 510 g/mol. The fourth-order valence-electron chi connectivity index (χ4n) is 2.00. The Hall–Kier alpha value is -0.500. The summed E-state index contributed by atoms with van der Waals surface area (Å²) in [7, 11) is 0. The number of rotatable bonds is 11. The summed E-state index contributed by atoms with van der Waals surface area (Å²) in [4.78, 5) is 0.